The van der Waals surface area contributed by atoms with E-state index in [1.54, 1.807) is 17.2 Å². The van der Waals surface area contributed by atoms with Gasteiger partial charge in [0.2, 0.25) is 0 Å². The number of aromatic nitrogens is 1. The van der Waals surface area contributed by atoms with E-state index in [0.29, 0.717) is 18.7 Å². The highest BCUT2D eigenvalue weighted by Crippen LogP contribution is 2.28. The van der Waals surface area contributed by atoms with E-state index >= 15 is 0 Å². The van der Waals surface area contributed by atoms with E-state index in [4.69, 9.17) is 4.74 Å². The van der Waals surface area contributed by atoms with Gasteiger partial charge in [0.25, 0.3) is 5.91 Å². The Kier molecular flexibility index (Phi) is 5.43. The van der Waals surface area contributed by atoms with Crippen LogP contribution >= 0.6 is 0 Å². The molecule has 3 rings (SSSR count). The average molecular weight is 356 g/mol. The minimum Gasteiger partial charge on any atom is -0.490 e. The third-order valence-electron chi connectivity index (χ3n) is 4.41. The standard InChI is InChI=1S/C18H20N4O4/c1-26-17-5-4-15(11-16(17)22(24)25)18(23)21-9-7-20(8-10-21)13-14-3-2-6-19-12-14/h2-6,11-12H,7-10,13H2,1H3. The van der Waals surface area contributed by atoms with Crippen LogP contribution in [0.5, 0.6) is 5.75 Å². The molecule has 2 heterocycles. The maximum atomic E-state index is 12.7. The molecular formula is C18H20N4O4. The minimum absolute atomic E-state index is 0.146. The van der Waals surface area contributed by atoms with Crippen molar-refractivity contribution in [3.63, 3.8) is 0 Å². The third-order valence-corrected chi connectivity index (χ3v) is 4.41. The fourth-order valence-corrected chi connectivity index (χ4v) is 3.01. The second-order valence-corrected chi connectivity index (χ2v) is 6.07. The van der Waals surface area contributed by atoms with E-state index in [0.717, 1.165) is 25.2 Å². The van der Waals surface area contributed by atoms with Crippen LogP contribution in [0.3, 0.4) is 0 Å². The third kappa shape index (κ3) is 3.97. The predicted octanol–water partition coefficient (Wildman–Crippen LogP) is 1.96. The van der Waals surface area contributed by atoms with Crippen LogP contribution in [-0.4, -0.2) is 58.9 Å². The Balaban J connectivity index is 1.63. The number of piperazine rings is 1. The maximum absolute atomic E-state index is 12.7. The predicted molar refractivity (Wildman–Crippen MR) is 95.1 cm³/mol. The Bertz CT molecular complexity index is 789. The molecule has 1 aromatic heterocycles. The van der Waals surface area contributed by atoms with Crippen molar-refractivity contribution in [3.05, 3.63) is 64.0 Å². The normalized spacial score (nSPS) is 14.9. The SMILES string of the molecule is COc1ccc(C(=O)N2CCN(Cc3cccnc3)CC2)cc1[N+](=O)[O-]. The van der Waals surface area contributed by atoms with Crippen LogP contribution in [-0.2, 0) is 6.54 Å². The van der Waals surface area contributed by atoms with Crippen molar-refractivity contribution in [2.24, 2.45) is 0 Å². The van der Waals surface area contributed by atoms with Gasteiger partial charge in [0.05, 0.1) is 12.0 Å². The summed E-state index contributed by atoms with van der Waals surface area (Å²) in [5.74, 6) is -0.0513. The van der Waals surface area contributed by atoms with Crippen molar-refractivity contribution >= 4 is 11.6 Å². The molecular weight excluding hydrogens is 336 g/mol. The maximum Gasteiger partial charge on any atom is 0.311 e. The molecule has 136 valence electrons. The molecule has 1 amide bonds. The molecule has 1 fully saturated rings. The first-order chi connectivity index (χ1) is 12.6. The zero-order chi connectivity index (χ0) is 18.5. The first-order valence-electron chi connectivity index (χ1n) is 8.31. The number of carbonyl (C=O) groups is 1. The molecule has 1 aliphatic heterocycles. The highest BCUT2D eigenvalue weighted by molar-refractivity contribution is 5.95. The number of methoxy groups -OCH3 is 1. The Morgan fingerprint density at radius 3 is 2.65 bits per heavy atom. The summed E-state index contributed by atoms with van der Waals surface area (Å²) >= 11 is 0. The van der Waals surface area contributed by atoms with Gasteiger partial charge in [-0.05, 0) is 23.8 Å². The number of benzene rings is 1. The average Bonchev–Trinajstić information content (AvgIpc) is 2.68. The van der Waals surface area contributed by atoms with Crippen LogP contribution in [0, 0.1) is 10.1 Å². The number of hydrogen-bond acceptors (Lipinski definition) is 6. The smallest absolute Gasteiger partial charge is 0.311 e. The molecule has 0 unspecified atom stereocenters. The van der Waals surface area contributed by atoms with Crippen LogP contribution in [0.4, 0.5) is 5.69 Å². The lowest BCUT2D eigenvalue weighted by molar-refractivity contribution is -0.385. The second-order valence-electron chi connectivity index (χ2n) is 6.07. The molecule has 1 saturated heterocycles. The molecule has 0 saturated carbocycles. The van der Waals surface area contributed by atoms with Gasteiger partial charge in [0.15, 0.2) is 5.75 Å². The van der Waals surface area contributed by atoms with E-state index in [9.17, 15) is 14.9 Å². The van der Waals surface area contributed by atoms with Gasteiger partial charge in [-0.1, -0.05) is 6.07 Å². The summed E-state index contributed by atoms with van der Waals surface area (Å²) in [5.41, 5.74) is 1.24. The molecule has 2 aromatic rings. The number of nitro benzene ring substituents is 1. The summed E-state index contributed by atoms with van der Waals surface area (Å²) < 4.78 is 4.98. The summed E-state index contributed by atoms with van der Waals surface area (Å²) in [6.45, 7) is 3.46. The van der Waals surface area contributed by atoms with Crippen molar-refractivity contribution in [1.29, 1.82) is 0 Å². The van der Waals surface area contributed by atoms with E-state index in [-0.39, 0.29) is 17.3 Å². The first-order valence-corrected chi connectivity index (χ1v) is 8.31. The van der Waals surface area contributed by atoms with Crippen LogP contribution in [0.1, 0.15) is 15.9 Å². The molecule has 0 N–H and O–H groups in total. The Morgan fingerprint density at radius 1 is 1.27 bits per heavy atom. The van der Waals surface area contributed by atoms with Crippen molar-refractivity contribution < 1.29 is 14.5 Å². The van der Waals surface area contributed by atoms with E-state index in [1.807, 2.05) is 18.3 Å². The summed E-state index contributed by atoms with van der Waals surface area (Å²) in [4.78, 5) is 31.4. The van der Waals surface area contributed by atoms with E-state index in [1.165, 1.54) is 19.2 Å². The van der Waals surface area contributed by atoms with E-state index < -0.39 is 4.92 Å². The lowest BCUT2D eigenvalue weighted by Crippen LogP contribution is -2.48. The zero-order valence-electron chi connectivity index (χ0n) is 14.5. The molecule has 0 bridgehead atoms. The molecule has 8 heteroatoms. The molecule has 0 radical (unpaired) electrons. The quantitative estimate of drug-likeness (QED) is 0.601. The summed E-state index contributed by atoms with van der Waals surface area (Å²) in [6.07, 6.45) is 3.59. The van der Waals surface area contributed by atoms with Crippen molar-refractivity contribution in [2.45, 2.75) is 6.54 Å². The first kappa shape index (κ1) is 17.8. The van der Waals surface area contributed by atoms with Crippen LogP contribution < -0.4 is 4.74 Å². The van der Waals surface area contributed by atoms with Gasteiger partial charge < -0.3 is 9.64 Å². The van der Waals surface area contributed by atoms with Gasteiger partial charge in [-0.3, -0.25) is 24.8 Å². The summed E-state index contributed by atoms with van der Waals surface area (Å²) in [5, 5.41) is 11.1. The largest absolute Gasteiger partial charge is 0.490 e. The number of amides is 1. The van der Waals surface area contributed by atoms with Crippen molar-refractivity contribution in [1.82, 2.24) is 14.8 Å². The summed E-state index contributed by atoms with van der Waals surface area (Å²) in [6, 6.07) is 8.25. The zero-order valence-corrected chi connectivity index (χ0v) is 14.5. The number of hydrogen-bond donors (Lipinski definition) is 0. The molecule has 26 heavy (non-hydrogen) atoms. The van der Waals surface area contributed by atoms with E-state index in [2.05, 4.69) is 9.88 Å². The van der Waals surface area contributed by atoms with Crippen LogP contribution in [0.25, 0.3) is 0 Å². The number of carbonyl (C=O) groups excluding carboxylic acids is 1. The Hall–Kier alpha value is -3.00. The fraction of sp³-hybridized carbons (Fsp3) is 0.333. The number of nitrogens with zero attached hydrogens (tertiary/aromatic N) is 4. The van der Waals surface area contributed by atoms with Gasteiger partial charge in [0.1, 0.15) is 0 Å². The van der Waals surface area contributed by atoms with Crippen molar-refractivity contribution in [3.8, 4) is 5.75 Å². The molecule has 1 aliphatic rings. The van der Waals surface area contributed by atoms with Crippen LogP contribution in [0.15, 0.2) is 42.7 Å². The molecule has 0 aliphatic carbocycles. The van der Waals surface area contributed by atoms with Gasteiger partial charge in [-0.2, -0.15) is 0 Å². The molecule has 0 atom stereocenters. The second kappa shape index (κ2) is 7.92. The Morgan fingerprint density at radius 2 is 2.04 bits per heavy atom. The minimum atomic E-state index is -0.540. The Labute approximate surface area is 151 Å². The highest BCUT2D eigenvalue weighted by Gasteiger charge is 2.25. The number of nitro groups is 1. The van der Waals surface area contributed by atoms with Gasteiger partial charge in [-0.15, -0.1) is 0 Å². The van der Waals surface area contributed by atoms with Gasteiger partial charge >= 0.3 is 5.69 Å². The van der Waals surface area contributed by atoms with Gasteiger partial charge in [0, 0.05) is 56.7 Å². The lowest BCUT2D eigenvalue weighted by Gasteiger charge is -2.34. The number of rotatable bonds is 5. The lowest BCUT2D eigenvalue weighted by atomic mass is 10.1. The molecule has 1 aromatic carbocycles. The van der Waals surface area contributed by atoms with Crippen LogP contribution in [0.2, 0.25) is 0 Å². The monoisotopic (exact) mass is 356 g/mol. The highest BCUT2D eigenvalue weighted by atomic mass is 16.6. The summed E-state index contributed by atoms with van der Waals surface area (Å²) in [7, 11) is 1.37. The molecule has 8 nitrogen and oxygen atoms in total. The number of pyridine rings is 1. The van der Waals surface area contributed by atoms with Gasteiger partial charge in [-0.25, -0.2) is 0 Å². The number of ether oxygens (including phenoxy) is 1. The van der Waals surface area contributed by atoms with Crippen molar-refractivity contribution in [2.75, 3.05) is 33.3 Å². The topological polar surface area (TPSA) is 88.8 Å². The molecule has 0 spiro atoms. The fourth-order valence-electron chi connectivity index (χ4n) is 3.01.